The van der Waals surface area contributed by atoms with Crippen LogP contribution in [-0.2, 0) is 11.2 Å². The van der Waals surface area contributed by atoms with Crippen molar-refractivity contribution in [3.8, 4) is 0 Å². The summed E-state index contributed by atoms with van der Waals surface area (Å²) in [6.45, 7) is 3.71. The molecule has 0 amide bonds. The average Bonchev–Trinajstić information content (AvgIpc) is 2.60. The molecule has 0 saturated carbocycles. The molecule has 2 aromatic heterocycles. The number of aromatic nitrogens is 2. The van der Waals surface area contributed by atoms with E-state index in [1.165, 1.54) is 0 Å². The number of carbonyl (C=O) groups is 1. The molecule has 0 bridgehead atoms. The van der Waals surface area contributed by atoms with Gasteiger partial charge in [0.05, 0.1) is 17.6 Å². The molecule has 2 rings (SSSR count). The predicted molar refractivity (Wildman–Crippen MR) is 60.4 cm³/mol. The summed E-state index contributed by atoms with van der Waals surface area (Å²) in [6, 6.07) is 3.98. The Bertz CT molecular complexity index is 531. The van der Waals surface area contributed by atoms with E-state index < -0.39 is 5.97 Å². The number of nitrogens with zero attached hydrogens (tertiary/aromatic N) is 2. The fraction of sp³-hybridized carbons (Fsp3) is 0.333. The van der Waals surface area contributed by atoms with Crippen LogP contribution in [0.25, 0.3) is 5.52 Å². The Kier molecular flexibility index (Phi) is 2.64. The van der Waals surface area contributed by atoms with Gasteiger partial charge < -0.3 is 5.11 Å². The first-order valence-corrected chi connectivity index (χ1v) is 5.23. The molecule has 0 fully saturated rings. The Hall–Kier alpha value is -1.84. The highest BCUT2D eigenvalue weighted by atomic mass is 16.4. The first-order valence-electron chi connectivity index (χ1n) is 5.23. The predicted octanol–water partition coefficient (Wildman–Crippen LogP) is 1.91. The highest BCUT2D eigenvalue weighted by Gasteiger charge is 2.14. The summed E-state index contributed by atoms with van der Waals surface area (Å²) >= 11 is 0. The molecule has 2 heterocycles. The van der Waals surface area contributed by atoms with Crippen LogP contribution >= 0.6 is 0 Å². The van der Waals surface area contributed by atoms with Gasteiger partial charge in [0.25, 0.3) is 0 Å². The van der Waals surface area contributed by atoms with E-state index in [-0.39, 0.29) is 5.92 Å². The molecular weight excluding hydrogens is 204 g/mol. The van der Waals surface area contributed by atoms with Crippen molar-refractivity contribution >= 4 is 11.5 Å². The first kappa shape index (κ1) is 10.7. The van der Waals surface area contributed by atoms with Gasteiger partial charge in [0.15, 0.2) is 0 Å². The molecule has 4 nitrogen and oxygen atoms in total. The van der Waals surface area contributed by atoms with E-state index in [0.29, 0.717) is 6.42 Å². The molecule has 0 spiro atoms. The molecule has 0 aliphatic heterocycles. The Morgan fingerprint density at radius 1 is 1.56 bits per heavy atom. The zero-order valence-electron chi connectivity index (χ0n) is 9.34. The van der Waals surface area contributed by atoms with Crippen LogP contribution in [0.5, 0.6) is 0 Å². The van der Waals surface area contributed by atoms with Gasteiger partial charge in [-0.1, -0.05) is 13.0 Å². The van der Waals surface area contributed by atoms with Crippen molar-refractivity contribution in [1.29, 1.82) is 0 Å². The number of carboxylic acid groups (broad SMARTS) is 1. The Morgan fingerprint density at radius 3 is 3.00 bits per heavy atom. The normalized spacial score (nSPS) is 12.9. The number of fused-ring (bicyclic) bond motifs is 1. The molecule has 0 aliphatic carbocycles. The number of pyridine rings is 1. The van der Waals surface area contributed by atoms with Crippen molar-refractivity contribution in [2.75, 3.05) is 0 Å². The SMILES string of the molecule is Cc1ccc2c(CC(C)C(=O)O)cnn2c1. The van der Waals surface area contributed by atoms with E-state index in [2.05, 4.69) is 5.10 Å². The lowest BCUT2D eigenvalue weighted by atomic mass is 10.0. The summed E-state index contributed by atoms with van der Waals surface area (Å²) in [5, 5.41) is 13.1. The molecule has 16 heavy (non-hydrogen) atoms. The van der Waals surface area contributed by atoms with E-state index in [1.807, 2.05) is 25.3 Å². The molecule has 2 aromatic rings. The second-order valence-electron chi connectivity index (χ2n) is 4.15. The summed E-state index contributed by atoms with van der Waals surface area (Å²) < 4.78 is 1.79. The van der Waals surface area contributed by atoms with Gasteiger partial charge in [0.1, 0.15) is 0 Å². The van der Waals surface area contributed by atoms with Crippen LogP contribution in [0.3, 0.4) is 0 Å². The molecule has 0 aromatic carbocycles. The quantitative estimate of drug-likeness (QED) is 0.856. The molecule has 1 unspecified atom stereocenters. The van der Waals surface area contributed by atoms with E-state index in [4.69, 9.17) is 5.11 Å². The Morgan fingerprint density at radius 2 is 2.31 bits per heavy atom. The maximum atomic E-state index is 10.8. The fourth-order valence-electron chi connectivity index (χ4n) is 1.71. The molecule has 0 aliphatic rings. The number of aliphatic carboxylic acids is 1. The van der Waals surface area contributed by atoms with E-state index in [0.717, 1.165) is 16.6 Å². The van der Waals surface area contributed by atoms with Gasteiger partial charge in [-0.05, 0) is 30.5 Å². The van der Waals surface area contributed by atoms with Crippen LogP contribution in [0, 0.1) is 12.8 Å². The smallest absolute Gasteiger partial charge is 0.306 e. The first-order chi connectivity index (χ1) is 7.58. The third-order valence-electron chi connectivity index (χ3n) is 2.69. The van der Waals surface area contributed by atoms with Crippen LogP contribution < -0.4 is 0 Å². The zero-order chi connectivity index (χ0) is 11.7. The maximum absolute atomic E-state index is 10.8. The molecule has 0 saturated heterocycles. The lowest BCUT2D eigenvalue weighted by Crippen LogP contribution is -2.12. The summed E-state index contributed by atoms with van der Waals surface area (Å²) in [5.41, 5.74) is 3.10. The molecule has 1 atom stereocenters. The van der Waals surface area contributed by atoms with Gasteiger partial charge in [0, 0.05) is 6.20 Å². The van der Waals surface area contributed by atoms with E-state index >= 15 is 0 Å². The number of rotatable bonds is 3. The van der Waals surface area contributed by atoms with Crippen molar-refractivity contribution in [1.82, 2.24) is 9.61 Å². The lowest BCUT2D eigenvalue weighted by molar-refractivity contribution is -0.141. The van der Waals surface area contributed by atoms with Gasteiger partial charge in [-0.3, -0.25) is 4.79 Å². The summed E-state index contributed by atoms with van der Waals surface area (Å²) in [6.07, 6.45) is 4.19. The van der Waals surface area contributed by atoms with Crippen molar-refractivity contribution < 1.29 is 9.90 Å². The summed E-state index contributed by atoms with van der Waals surface area (Å²) in [7, 11) is 0. The Balaban J connectivity index is 2.35. The Labute approximate surface area is 93.5 Å². The van der Waals surface area contributed by atoms with Gasteiger partial charge in [0.2, 0.25) is 0 Å². The third kappa shape index (κ3) is 1.91. The molecule has 84 valence electrons. The van der Waals surface area contributed by atoms with Gasteiger partial charge >= 0.3 is 5.97 Å². The van der Waals surface area contributed by atoms with Crippen molar-refractivity contribution in [2.24, 2.45) is 5.92 Å². The second kappa shape index (κ2) is 3.96. The minimum absolute atomic E-state index is 0.380. The molecule has 0 radical (unpaired) electrons. The highest BCUT2D eigenvalue weighted by Crippen LogP contribution is 2.16. The van der Waals surface area contributed by atoms with E-state index in [9.17, 15) is 4.79 Å². The molecule has 1 N–H and O–H groups in total. The number of aryl methyl sites for hydroxylation is 1. The lowest BCUT2D eigenvalue weighted by Gasteiger charge is -2.04. The van der Waals surface area contributed by atoms with Gasteiger partial charge in [-0.25, -0.2) is 4.52 Å². The van der Waals surface area contributed by atoms with Crippen LogP contribution in [0.1, 0.15) is 18.1 Å². The third-order valence-corrected chi connectivity index (χ3v) is 2.69. The largest absolute Gasteiger partial charge is 0.481 e. The summed E-state index contributed by atoms with van der Waals surface area (Å²) in [5.74, 6) is -1.15. The van der Waals surface area contributed by atoms with Gasteiger partial charge in [-0.2, -0.15) is 5.10 Å². The van der Waals surface area contributed by atoms with Gasteiger partial charge in [-0.15, -0.1) is 0 Å². The van der Waals surface area contributed by atoms with Crippen molar-refractivity contribution in [3.05, 3.63) is 35.7 Å². The molecular formula is C12H14N2O2. The topological polar surface area (TPSA) is 54.6 Å². The van der Waals surface area contributed by atoms with Crippen molar-refractivity contribution in [2.45, 2.75) is 20.3 Å². The number of carboxylic acids is 1. The zero-order valence-corrected chi connectivity index (χ0v) is 9.34. The van der Waals surface area contributed by atoms with Crippen LogP contribution in [0.2, 0.25) is 0 Å². The molecule has 4 heteroatoms. The number of hydrogen-bond donors (Lipinski definition) is 1. The highest BCUT2D eigenvalue weighted by molar-refractivity contribution is 5.70. The van der Waals surface area contributed by atoms with Crippen LogP contribution in [-0.4, -0.2) is 20.7 Å². The van der Waals surface area contributed by atoms with Crippen LogP contribution in [0.4, 0.5) is 0 Å². The minimum atomic E-state index is -0.772. The van der Waals surface area contributed by atoms with E-state index in [1.54, 1.807) is 17.6 Å². The fourth-order valence-corrected chi connectivity index (χ4v) is 1.71. The second-order valence-corrected chi connectivity index (χ2v) is 4.15. The average molecular weight is 218 g/mol. The minimum Gasteiger partial charge on any atom is -0.481 e. The summed E-state index contributed by atoms with van der Waals surface area (Å²) in [4.78, 5) is 10.8. The maximum Gasteiger partial charge on any atom is 0.306 e. The number of hydrogen-bond acceptors (Lipinski definition) is 2. The standard InChI is InChI=1S/C12H14N2O2/c1-8-3-4-11-10(5-9(2)12(15)16)6-13-14(11)7-8/h3-4,6-7,9H,5H2,1-2H3,(H,15,16). The monoisotopic (exact) mass is 218 g/mol. The van der Waals surface area contributed by atoms with Crippen molar-refractivity contribution in [3.63, 3.8) is 0 Å². The van der Waals surface area contributed by atoms with Crippen LogP contribution in [0.15, 0.2) is 24.5 Å².